The Bertz CT molecular complexity index is 710. The van der Waals surface area contributed by atoms with Crippen LogP contribution in [0, 0.1) is 0 Å². The Morgan fingerprint density at radius 2 is 1.92 bits per heavy atom. The van der Waals surface area contributed by atoms with E-state index in [-0.39, 0.29) is 24.0 Å². The zero-order valence-corrected chi connectivity index (χ0v) is 17.6. The van der Waals surface area contributed by atoms with Crippen molar-refractivity contribution in [2.75, 3.05) is 26.1 Å². The minimum absolute atomic E-state index is 0. The minimum Gasteiger partial charge on any atom is -0.493 e. The van der Waals surface area contributed by atoms with Crippen LogP contribution in [0.2, 0.25) is 5.02 Å². The normalized spacial score (nSPS) is 10.6. The summed E-state index contributed by atoms with van der Waals surface area (Å²) >= 11 is 6.17. The maximum Gasteiger partial charge on any atom is 0.195 e. The molecule has 2 rings (SSSR count). The van der Waals surface area contributed by atoms with Crippen molar-refractivity contribution >= 4 is 47.2 Å². The summed E-state index contributed by atoms with van der Waals surface area (Å²) in [4.78, 5) is 4.22. The van der Waals surface area contributed by atoms with Gasteiger partial charge in [-0.1, -0.05) is 29.8 Å². The summed E-state index contributed by atoms with van der Waals surface area (Å²) in [6.07, 6.45) is 0. The van der Waals surface area contributed by atoms with Crippen molar-refractivity contribution in [3.05, 3.63) is 53.1 Å². The number of nitrogens with one attached hydrogen (secondary N) is 2. The number of aliphatic imine (C=N–C) groups is 1. The Morgan fingerprint density at radius 3 is 2.56 bits per heavy atom. The minimum atomic E-state index is 0. The van der Waals surface area contributed by atoms with Crippen LogP contribution in [0.1, 0.15) is 12.5 Å². The van der Waals surface area contributed by atoms with Gasteiger partial charge < -0.3 is 20.1 Å². The maximum absolute atomic E-state index is 6.17. The average Bonchev–Trinajstić information content (AvgIpc) is 2.61. The van der Waals surface area contributed by atoms with Gasteiger partial charge in [-0.05, 0) is 30.7 Å². The molecule has 0 heterocycles. The second-order valence-electron chi connectivity index (χ2n) is 4.94. The van der Waals surface area contributed by atoms with Gasteiger partial charge in [0.05, 0.1) is 13.7 Å². The molecule has 0 aliphatic heterocycles. The molecule has 25 heavy (non-hydrogen) atoms. The van der Waals surface area contributed by atoms with Crippen LogP contribution in [-0.2, 0) is 6.54 Å². The van der Waals surface area contributed by atoms with E-state index in [2.05, 4.69) is 15.6 Å². The molecule has 136 valence electrons. The molecule has 2 N–H and O–H groups in total. The Kier molecular flexibility index (Phi) is 9.44. The number of guanidine groups is 1. The van der Waals surface area contributed by atoms with Gasteiger partial charge in [-0.15, -0.1) is 24.0 Å². The van der Waals surface area contributed by atoms with Gasteiger partial charge >= 0.3 is 0 Å². The predicted molar refractivity (Wildman–Crippen MR) is 115 cm³/mol. The van der Waals surface area contributed by atoms with Gasteiger partial charge in [0.15, 0.2) is 17.5 Å². The third-order valence-corrected chi connectivity index (χ3v) is 3.72. The molecule has 0 atom stereocenters. The highest BCUT2D eigenvalue weighted by molar-refractivity contribution is 14.0. The van der Waals surface area contributed by atoms with E-state index in [1.165, 1.54) is 0 Å². The lowest BCUT2D eigenvalue weighted by atomic mass is 10.2. The molecule has 0 radical (unpaired) electrons. The molecule has 0 aliphatic rings. The van der Waals surface area contributed by atoms with E-state index in [4.69, 9.17) is 21.1 Å². The van der Waals surface area contributed by atoms with Gasteiger partial charge in [0.25, 0.3) is 0 Å². The lowest BCUT2D eigenvalue weighted by molar-refractivity contribution is 0.311. The van der Waals surface area contributed by atoms with Crippen LogP contribution < -0.4 is 20.1 Å². The highest BCUT2D eigenvalue weighted by Crippen LogP contribution is 2.30. The number of hydrogen-bond acceptors (Lipinski definition) is 3. The van der Waals surface area contributed by atoms with Crippen molar-refractivity contribution in [1.82, 2.24) is 5.32 Å². The highest BCUT2D eigenvalue weighted by atomic mass is 127. The van der Waals surface area contributed by atoms with E-state index >= 15 is 0 Å². The largest absolute Gasteiger partial charge is 0.493 e. The van der Waals surface area contributed by atoms with Gasteiger partial charge in [-0.2, -0.15) is 0 Å². The first-order valence-electron chi connectivity index (χ1n) is 7.69. The van der Waals surface area contributed by atoms with E-state index in [0.717, 1.165) is 16.3 Å². The number of nitrogens with zero attached hydrogens (tertiary/aromatic N) is 1. The second-order valence-corrected chi connectivity index (χ2v) is 5.35. The van der Waals surface area contributed by atoms with Gasteiger partial charge in [0, 0.05) is 30.4 Å². The fourth-order valence-electron chi connectivity index (χ4n) is 2.16. The smallest absolute Gasteiger partial charge is 0.195 e. The molecule has 2 aromatic rings. The molecule has 0 unspecified atom stereocenters. The number of halogens is 2. The molecule has 0 bridgehead atoms. The Labute approximate surface area is 170 Å². The quantitative estimate of drug-likeness (QED) is 0.366. The number of benzene rings is 2. The molecule has 0 saturated carbocycles. The summed E-state index contributed by atoms with van der Waals surface area (Å²) in [6, 6.07) is 13.4. The first-order chi connectivity index (χ1) is 11.7. The monoisotopic (exact) mass is 475 g/mol. The Hall–Kier alpha value is -1.67. The van der Waals surface area contributed by atoms with Crippen LogP contribution in [0.4, 0.5) is 5.69 Å². The Morgan fingerprint density at radius 1 is 1.16 bits per heavy atom. The van der Waals surface area contributed by atoms with Crippen LogP contribution in [0.15, 0.2) is 47.5 Å². The molecular formula is C18H23ClIN3O2. The van der Waals surface area contributed by atoms with Crippen LogP contribution in [0.3, 0.4) is 0 Å². The summed E-state index contributed by atoms with van der Waals surface area (Å²) in [7, 11) is 3.33. The molecule has 0 aliphatic carbocycles. The number of anilines is 1. The fraction of sp³-hybridized carbons (Fsp3) is 0.278. The molecule has 0 amide bonds. The van der Waals surface area contributed by atoms with Crippen molar-refractivity contribution in [3.8, 4) is 11.5 Å². The first-order valence-corrected chi connectivity index (χ1v) is 8.07. The molecule has 0 spiro atoms. The molecule has 0 saturated heterocycles. The van der Waals surface area contributed by atoms with Gasteiger partial charge in [0.2, 0.25) is 0 Å². The molecule has 2 aromatic carbocycles. The summed E-state index contributed by atoms with van der Waals surface area (Å²) in [5.41, 5.74) is 1.86. The summed E-state index contributed by atoms with van der Waals surface area (Å²) in [6.45, 7) is 3.10. The third kappa shape index (κ3) is 6.28. The molecule has 7 heteroatoms. The summed E-state index contributed by atoms with van der Waals surface area (Å²) < 4.78 is 10.9. The topological polar surface area (TPSA) is 54.9 Å². The number of rotatable bonds is 6. The standard InChI is InChI=1S/C18H22ClN3O2.HI/c1-4-24-16-10-9-14(11-17(16)23-3)22-18(20-2)21-12-13-7-5-6-8-15(13)19;/h5-11H,4,12H2,1-3H3,(H2,20,21,22);1H. The van der Waals surface area contributed by atoms with E-state index < -0.39 is 0 Å². The lowest BCUT2D eigenvalue weighted by Crippen LogP contribution is -2.30. The van der Waals surface area contributed by atoms with Crippen molar-refractivity contribution in [2.24, 2.45) is 4.99 Å². The molecule has 5 nitrogen and oxygen atoms in total. The summed E-state index contributed by atoms with van der Waals surface area (Å²) in [5.74, 6) is 2.02. The molecular weight excluding hydrogens is 453 g/mol. The highest BCUT2D eigenvalue weighted by Gasteiger charge is 2.07. The second kappa shape index (κ2) is 11.0. The van der Waals surface area contributed by atoms with E-state index in [0.29, 0.717) is 30.6 Å². The number of methoxy groups -OCH3 is 1. The van der Waals surface area contributed by atoms with Gasteiger partial charge in [0.1, 0.15) is 0 Å². The third-order valence-electron chi connectivity index (χ3n) is 3.35. The van der Waals surface area contributed by atoms with Crippen LogP contribution in [0.5, 0.6) is 11.5 Å². The summed E-state index contributed by atoms with van der Waals surface area (Å²) in [5, 5.41) is 7.18. The lowest BCUT2D eigenvalue weighted by Gasteiger charge is -2.15. The van der Waals surface area contributed by atoms with E-state index in [1.54, 1.807) is 14.2 Å². The van der Waals surface area contributed by atoms with Crippen molar-refractivity contribution < 1.29 is 9.47 Å². The van der Waals surface area contributed by atoms with Gasteiger partial charge in [-0.25, -0.2) is 0 Å². The van der Waals surface area contributed by atoms with Crippen LogP contribution >= 0.6 is 35.6 Å². The van der Waals surface area contributed by atoms with Crippen LogP contribution in [-0.4, -0.2) is 26.7 Å². The maximum atomic E-state index is 6.17. The molecule has 0 fully saturated rings. The predicted octanol–water partition coefficient (Wildman–Crippen LogP) is 4.55. The van der Waals surface area contributed by atoms with Crippen molar-refractivity contribution in [1.29, 1.82) is 0 Å². The zero-order valence-electron chi connectivity index (χ0n) is 14.5. The van der Waals surface area contributed by atoms with E-state index in [1.807, 2.05) is 49.4 Å². The van der Waals surface area contributed by atoms with E-state index in [9.17, 15) is 0 Å². The SMILES string of the molecule is CCOc1ccc(NC(=NC)NCc2ccccc2Cl)cc1OC.I. The number of hydrogen-bond donors (Lipinski definition) is 2. The van der Waals surface area contributed by atoms with Gasteiger partial charge in [-0.3, -0.25) is 4.99 Å². The molecule has 0 aromatic heterocycles. The van der Waals surface area contributed by atoms with Crippen LogP contribution in [0.25, 0.3) is 0 Å². The zero-order chi connectivity index (χ0) is 17.4. The fourth-order valence-corrected chi connectivity index (χ4v) is 2.36. The Balaban J connectivity index is 0.00000312. The van der Waals surface area contributed by atoms with Crippen molar-refractivity contribution in [3.63, 3.8) is 0 Å². The number of ether oxygens (including phenoxy) is 2. The first kappa shape index (κ1) is 21.4. The average molecular weight is 476 g/mol. The van der Waals surface area contributed by atoms with Crippen molar-refractivity contribution in [2.45, 2.75) is 13.5 Å².